The lowest BCUT2D eigenvalue weighted by Gasteiger charge is -2.19. The van der Waals surface area contributed by atoms with Crippen molar-refractivity contribution in [2.75, 3.05) is 19.0 Å². The lowest BCUT2D eigenvalue weighted by molar-refractivity contribution is -0.123. The van der Waals surface area contributed by atoms with Crippen LogP contribution in [0.5, 0.6) is 0 Å². The van der Waals surface area contributed by atoms with E-state index in [0.717, 1.165) is 29.8 Å². The summed E-state index contributed by atoms with van der Waals surface area (Å²) in [6, 6.07) is 12.2. The van der Waals surface area contributed by atoms with Gasteiger partial charge in [0.05, 0.1) is 5.41 Å². The highest BCUT2D eigenvalue weighted by Gasteiger charge is 2.51. The van der Waals surface area contributed by atoms with Crippen molar-refractivity contribution >= 4 is 11.7 Å². The first-order valence-corrected chi connectivity index (χ1v) is 7.99. The van der Waals surface area contributed by atoms with E-state index in [2.05, 4.69) is 35.4 Å². The Bertz CT molecular complexity index is 720. The molecule has 3 rings (SSSR count). The molecule has 1 aromatic carbocycles. The zero-order valence-electron chi connectivity index (χ0n) is 14.0. The molecule has 4 heteroatoms. The first-order valence-electron chi connectivity index (χ1n) is 7.99. The molecule has 1 saturated carbocycles. The number of nitrogens with zero attached hydrogens (tertiary/aromatic N) is 2. The van der Waals surface area contributed by atoms with Crippen molar-refractivity contribution in [2.45, 2.75) is 31.7 Å². The molecule has 2 aromatic rings. The third-order valence-electron chi connectivity index (χ3n) is 4.49. The molecule has 120 valence electrons. The van der Waals surface area contributed by atoms with Crippen molar-refractivity contribution in [2.24, 2.45) is 0 Å². The summed E-state index contributed by atoms with van der Waals surface area (Å²) in [6.07, 6.45) is 3.63. The summed E-state index contributed by atoms with van der Waals surface area (Å²) >= 11 is 0. The van der Waals surface area contributed by atoms with Gasteiger partial charge in [-0.3, -0.25) is 4.79 Å². The molecule has 1 amide bonds. The largest absolute Gasteiger partial charge is 0.362 e. The third-order valence-corrected chi connectivity index (χ3v) is 4.49. The molecule has 0 bridgehead atoms. The molecule has 0 radical (unpaired) electrons. The highest BCUT2D eigenvalue weighted by atomic mass is 16.2. The summed E-state index contributed by atoms with van der Waals surface area (Å²) in [5.74, 6) is 1.02. The number of rotatable bonds is 5. The fourth-order valence-corrected chi connectivity index (χ4v) is 3.03. The van der Waals surface area contributed by atoms with Gasteiger partial charge in [0, 0.05) is 32.4 Å². The van der Waals surface area contributed by atoms with Gasteiger partial charge in [0.25, 0.3) is 0 Å². The number of anilines is 1. The molecule has 1 N–H and O–H groups in total. The van der Waals surface area contributed by atoms with E-state index >= 15 is 0 Å². The topological polar surface area (TPSA) is 45.2 Å². The second-order valence-electron chi connectivity index (χ2n) is 6.51. The smallest absolute Gasteiger partial charge is 0.230 e. The Morgan fingerprint density at radius 2 is 2.04 bits per heavy atom. The van der Waals surface area contributed by atoms with Crippen LogP contribution in [-0.4, -0.2) is 25.0 Å². The highest BCUT2D eigenvalue weighted by Crippen LogP contribution is 2.48. The van der Waals surface area contributed by atoms with Gasteiger partial charge >= 0.3 is 0 Å². The van der Waals surface area contributed by atoms with Crippen molar-refractivity contribution in [1.29, 1.82) is 0 Å². The Labute approximate surface area is 137 Å². The number of amides is 1. The van der Waals surface area contributed by atoms with Crippen LogP contribution in [-0.2, 0) is 16.8 Å². The van der Waals surface area contributed by atoms with Crippen molar-refractivity contribution in [3.8, 4) is 0 Å². The molecule has 1 aliphatic rings. The van der Waals surface area contributed by atoms with Crippen molar-refractivity contribution < 1.29 is 4.79 Å². The summed E-state index contributed by atoms with van der Waals surface area (Å²) < 4.78 is 0. The van der Waals surface area contributed by atoms with Crippen LogP contribution in [0.15, 0.2) is 42.6 Å². The number of benzene rings is 1. The number of aryl methyl sites for hydroxylation is 1. The Morgan fingerprint density at radius 1 is 1.26 bits per heavy atom. The minimum absolute atomic E-state index is 0.122. The second-order valence-corrected chi connectivity index (χ2v) is 6.51. The SMILES string of the molecule is Cc1cccc(C2(C(=O)NCc3cccnc3N(C)C)CC2)c1. The van der Waals surface area contributed by atoms with Crippen LogP contribution in [0.25, 0.3) is 0 Å². The number of carbonyl (C=O) groups excluding carboxylic acids is 1. The van der Waals surface area contributed by atoms with Gasteiger partial charge in [-0.15, -0.1) is 0 Å². The van der Waals surface area contributed by atoms with Gasteiger partial charge in [-0.1, -0.05) is 35.9 Å². The Morgan fingerprint density at radius 3 is 2.70 bits per heavy atom. The Balaban J connectivity index is 1.73. The van der Waals surface area contributed by atoms with Crippen molar-refractivity contribution in [1.82, 2.24) is 10.3 Å². The number of carbonyl (C=O) groups is 1. The summed E-state index contributed by atoms with van der Waals surface area (Å²) in [4.78, 5) is 19.1. The van der Waals surface area contributed by atoms with E-state index in [9.17, 15) is 4.79 Å². The van der Waals surface area contributed by atoms with E-state index in [0.29, 0.717) is 6.54 Å². The van der Waals surface area contributed by atoms with Crippen LogP contribution in [0.2, 0.25) is 0 Å². The standard InChI is InChI=1S/C19H23N3O/c1-14-6-4-8-16(12-14)19(9-10-19)18(23)21-13-15-7-5-11-20-17(15)22(2)3/h4-8,11-12H,9-10,13H2,1-3H3,(H,21,23). The van der Waals surface area contributed by atoms with Crippen LogP contribution in [0.4, 0.5) is 5.82 Å². The minimum atomic E-state index is -0.327. The number of aromatic nitrogens is 1. The Hall–Kier alpha value is -2.36. The van der Waals surface area contributed by atoms with E-state index in [4.69, 9.17) is 0 Å². The lowest BCUT2D eigenvalue weighted by Crippen LogP contribution is -2.34. The van der Waals surface area contributed by atoms with Gasteiger partial charge in [0.15, 0.2) is 0 Å². The average Bonchev–Trinajstić information content (AvgIpc) is 3.34. The van der Waals surface area contributed by atoms with Crippen LogP contribution >= 0.6 is 0 Å². The van der Waals surface area contributed by atoms with Gasteiger partial charge in [-0.05, 0) is 31.4 Å². The van der Waals surface area contributed by atoms with Gasteiger partial charge in [0.2, 0.25) is 5.91 Å². The minimum Gasteiger partial charge on any atom is -0.362 e. The first kappa shape index (κ1) is 15.5. The fraction of sp³-hybridized carbons (Fsp3) is 0.368. The van der Waals surface area contributed by atoms with Crippen LogP contribution in [0.1, 0.15) is 29.5 Å². The van der Waals surface area contributed by atoms with E-state index in [1.165, 1.54) is 5.56 Å². The predicted molar refractivity (Wildman–Crippen MR) is 92.5 cm³/mol. The van der Waals surface area contributed by atoms with Gasteiger partial charge in [-0.25, -0.2) is 4.98 Å². The van der Waals surface area contributed by atoms with Crippen molar-refractivity contribution in [3.05, 3.63) is 59.3 Å². The number of hydrogen-bond donors (Lipinski definition) is 1. The molecule has 1 fully saturated rings. The monoisotopic (exact) mass is 309 g/mol. The van der Waals surface area contributed by atoms with Gasteiger partial charge in [0.1, 0.15) is 5.82 Å². The molecule has 0 spiro atoms. The summed E-state index contributed by atoms with van der Waals surface area (Å²) in [7, 11) is 3.92. The predicted octanol–water partition coefficient (Wildman–Crippen LogP) is 2.80. The number of hydrogen-bond acceptors (Lipinski definition) is 3. The van der Waals surface area contributed by atoms with Gasteiger partial charge < -0.3 is 10.2 Å². The quantitative estimate of drug-likeness (QED) is 0.924. The maximum absolute atomic E-state index is 12.7. The van der Waals surface area contributed by atoms with Crippen molar-refractivity contribution in [3.63, 3.8) is 0 Å². The van der Waals surface area contributed by atoms with E-state index in [-0.39, 0.29) is 11.3 Å². The second kappa shape index (κ2) is 6.03. The summed E-state index contributed by atoms with van der Waals surface area (Å²) in [6.45, 7) is 2.57. The molecular formula is C19H23N3O. The van der Waals surface area contributed by atoms with Crippen LogP contribution in [0, 0.1) is 6.92 Å². The lowest BCUT2D eigenvalue weighted by atomic mass is 9.93. The maximum Gasteiger partial charge on any atom is 0.230 e. The molecule has 0 atom stereocenters. The van der Waals surface area contributed by atoms with Gasteiger partial charge in [-0.2, -0.15) is 0 Å². The highest BCUT2D eigenvalue weighted by molar-refractivity contribution is 5.91. The fourth-order valence-electron chi connectivity index (χ4n) is 3.03. The first-order chi connectivity index (χ1) is 11.0. The molecule has 1 aliphatic carbocycles. The molecule has 1 aromatic heterocycles. The van der Waals surface area contributed by atoms with Crippen LogP contribution < -0.4 is 10.2 Å². The van der Waals surface area contributed by atoms with Crippen LogP contribution in [0.3, 0.4) is 0 Å². The average molecular weight is 309 g/mol. The summed E-state index contributed by atoms with van der Waals surface area (Å²) in [5, 5.41) is 3.11. The third kappa shape index (κ3) is 3.07. The molecule has 4 nitrogen and oxygen atoms in total. The zero-order valence-corrected chi connectivity index (χ0v) is 14.0. The summed E-state index contributed by atoms with van der Waals surface area (Å²) in [5.41, 5.74) is 3.04. The molecule has 1 heterocycles. The number of nitrogens with one attached hydrogen (secondary N) is 1. The molecule has 0 saturated heterocycles. The molecule has 23 heavy (non-hydrogen) atoms. The Kier molecular flexibility index (Phi) is 4.07. The van der Waals surface area contributed by atoms with E-state index in [1.54, 1.807) is 6.20 Å². The molecule has 0 aliphatic heterocycles. The van der Waals surface area contributed by atoms with E-state index < -0.39 is 0 Å². The maximum atomic E-state index is 12.7. The number of pyridine rings is 1. The normalized spacial score (nSPS) is 15.1. The molecule has 0 unspecified atom stereocenters. The zero-order chi connectivity index (χ0) is 16.4. The molecular weight excluding hydrogens is 286 g/mol. The van der Waals surface area contributed by atoms with E-state index in [1.807, 2.05) is 37.2 Å².